The summed E-state index contributed by atoms with van der Waals surface area (Å²) in [4.78, 5) is 3.99. The third kappa shape index (κ3) is 2.76. The third-order valence-corrected chi connectivity index (χ3v) is 2.78. The number of hydrogen-bond acceptors (Lipinski definition) is 3. The number of aromatic nitrogens is 1. The van der Waals surface area contributed by atoms with E-state index in [1.165, 1.54) is 0 Å². The highest BCUT2D eigenvalue weighted by atomic mass is 79.9. The molecule has 0 amide bonds. The number of ether oxygens (including phenoxy) is 1. The Labute approximate surface area is 112 Å². The summed E-state index contributed by atoms with van der Waals surface area (Å²) in [6.45, 7) is 0. The van der Waals surface area contributed by atoms with Gasteiger partial charge in [-0.15, -0.1) is 0 Å². The van der Waals surface area contributed by atoms with Gasteiger partial charge in [0.1, 0.15) is 17.4 Å². The molecule has 17 heavy (non-hydrogen) atoms. The first kappa shape index (κ1) is 11.9. The smallest absolute Gasteiger partial charge is 0.237 e. The van der Waals surface area contributed by atoms with Gasteiger partial charge in [-0.2, -0.15) is 5.26 Å². The van der Waals surface area contributed by atoms with Crippen LogP contribution in [0.2, 0.25) is 5.02 Å². The fraction of sp³-hybridized carbons (Fsp3) is 0. The molecule has 0 N–H and O–H groups in total. The van der Waals surface area contributed by atoms with Gasteiger partial charge in [0, 0.05) is 10.7 Å². The maximum Gasteiger partial charge on any atom is 0.237 e. The van der Waals surface area contributed by atoms with Crippen LogP contribution in [-0.4, -0.2) is 4.98 Å². The Hall–Kier alpha value is -1.57. The van der Waals surface area contributed by atoms with Crippen LogP contribution in [0.25, 0.3) is 0 Å². The summed E-state index contributed by atoms with van der Waals surface area (Å²) in [6.07, 6.45) is 1.56. The molecular weight excluding hydrogens is 304 g/mol. The molecule has 0 saturated carbocycles. The van der Waals surface area contributed by atoms with Gasteiger partial charge in [-0.1, -0.05) is 27.5 Å². The van der Waals surface area contributed by atoms with Crippen LogP contribution in [0.15, 0.2) is 41.0 Å². The van der Waals surface area contributed by atoms with E-state index in [1.807, 2.05) is 6.07 Å². The molecule has 2 rings (SSSR count). The summed E-state index contributed by atoms with van der Waals surface area (Å²) in [5, 5.41) is 9.35. The van der Waals surface area contributed by atoms with Gasteiger partial charge < -0.3 is 4.74 Å². The first-order valence-electron chi connectivity index (χ1n) is 4.69. The Morgan fingerprint density at radius 3 is 2.88 bits per heavy atom. The van der Waals surface area contributed by atoms with Crippen molar-refractivity contribution in [1.29, 1.82) is 5.26 Å². The van der Waals surface area contributed by atoms with E-state index in [1.54, 1.807) is 36.5 Å². The first-order valence-corrected chi connectivity index (χ1v) is 5.86. The second kappa shape index (κ2) is 5.17. The lowest BCUT2D eigenvalue weighted by Crippen LogP contribution is -1.91. The van der Waals surface area contributed by atoms with Crippen molar-refractivity contribution in [2.45, 2.75) is 0 Å². The lowest BCUT2D eigenvalue weighted by Gasteiger charge is -2.07. The Balaban J connectivity index is 2.35. The summed E-state index contributed by atoms with van der Waals surface area (Å²) >= 11 is 9.31. The van der Waals surface area contributed by atoms with Crippen molar-refractivity contribution in [2.24, 2.45) is 0 Å². The van der Waals surface area contributed by atoms with Gasteiger partial charge in [-0.25, -0.2) is 4.98 Å². The van der Waals surface area contributed by atoms with Gasteiger partial charge in [-0.3, -0.25) is 0 Å². The monoisotopic (exact) mass is 308 g/mol. The molecule has 0 radical (unpaired) electrons. The van der Waals surface area contributed by atoms with Gasteiger partial charge in [0.25, 0.3) is 0 Å². The number of pyridine rings is 1. The SMILES string of the molecule is N#Cc1cccnc1Oc1ccc(Br)cc1Cl. The predicted molar refractivity (Wildman–Crippen MR) is 68.2 cm³/mol. The zero-order valence-corrected chi connectivity index (χ0v) is 10.9. The molecule has 0 aliphatic heterocycles. The molecular formula is C12H6BrClN2O. The van der Waals surface area contributed by atoms with E-state index in [0.717, 1.165) is 4.47 Å². The van der Waals surface area contributed by atoms with E-state index in [2.05, 4.69) is 20.9 Å². The van der Waals surface area contributed by atoms with Crippen LogP contribution in [0.1, 0.15) is 5.56 Å². The van der Waals surface area contributed by atoms with E-state index in [4.69, 9.17) is 21.6 Å². The highest BCUT2D eigenvalue weighted by Gasteiger charge is 2.08. The highest BCUT2D eigenvalue weighted by Crippen LogP contribution is 2.31. The van der Waals surface area contributed by atoms with Crippen LogP contribution < -0.4 is 4.74 Å². The molecule has 5 heteroatoms. The molecule has 0 aliphatic rings. The minimum Gasteiger partial charge on any atom is -0.436 e. The average molecular weight is 310 g/mol. The number of rotatable bonds is 2. The molecule has 0 spiro atoms. The lowest BCUT2D eigenvalue weighted by molar-refractivity contribution is 0.461. The van der Waals surface area contributed by atoms with Crippen LogP contribution in [-0.2, 0) is 0 Å². The molecule has 3 nitrogen and oxygen atoms in total. The average Bonchev–Trinajstić information content (AvgIpc) is 2.33. The van der Waals surface area contributed by atoms with E-state index in [9.17, 15) is 0 Å². The van der Waals surface area contributed by atoms with Crippen molar-refractivity contribution in [2.75, 3.05) is 0 Å². The van der Waals surface area contributed by atoms with Gasteiger partial charge in [0.05, 0.1) is 5.02 Å². The highest BCUT2D eigenvalue weighted by molar-refractivity contribution is 9.10. The van der Waals surface area contributed by atoms with Crippen molar-refractivity contribution >= 4 is 27.5 Å². The topological polar surface area (TPSA) is 45.9 Å². The molecule has 1 aromatic heterocycles. The fourth-order valence-electron chi connectivity index (χ4n) is 1.22. The van der Waals surface area contributed by atoms with Crippen molar-refractivity contribution in [3.63, 3.8) is 0 Å². The van der Waals surface area contributed by atoms with Crippen molar-refractivity contribution in [1.82, 2.24) is 4.98 Å². The molecule has 0 aliphatic carbocycles. The van der Waals surface area contributed by atoms with Gasteiger partial charge in [0.2, 0.25) is 5.88 Å². The van der Waals surface area contributed by atoms with Crippen molar-refractivity contribution in [3.05, 3.63) is 51.6 Å². The van der Waals surface area contributed by atoms with Crippen LogP contribution in [0, 0.1) is 11.3 Å². The number of nitriles is 1. The summed E-state index contributed by atoms with van der Waals surface area (Å²) in [6, 6.07) is 10.5. The molecule has 0 bridgehead atoms. The quantitative estimate of drug-likeness (QED) is 0.836. The Kier molecular flexibility index (Phi) is 3.62. The van der Waals surface area contributed by atoms with Crippen molar-refractivity contribution in [3.8, 4) is 17.7 Å². The van der Waals surface area contributed by atoms with Crippen LogP contribution in [0.4, 0.5) is 0 Å². The van der Waals surface area contributed by atoms with E-state index >= 15 is 0 Å². The third-order valence-electron chi connectivity index (χ3n) is 1.99. The molecule has 0 saturated heterocycles. The molecule has 2 aromatic rings. The van der Waals surface area contributed by atoms with Crippen LogP contribution in [0.3, 0.4) is 0 Å². The summed E-state index contributed by atoms with van der Waals surface area (Å²) in [7, 11) is 0. The van der Waals surface area contributed by atoms with Gasteiger partial charge in [-0.05, 0) is 30.3 Å². The summed E-state index contributed by atoms with van der Waals surface area (Å²) in [5.41, 5.74) is 0.367. The fourth-order valence-corrected chi connectivity index (χ4v) is 1.93. The van der Waals surface area contributed by atoms with Gasteiger partial charge >= 0.3 is 0 Å². The normalized spacial score (nSPS) is 9.71. The zero-order chi connectivity index (χ0) is 12.3. The second-order valence-corrected chi connectivity index (χ2v) is 4.47. The number of benzene rings is 1. The van der Waals surface area contributed by atoms with E-state index in [-0.39, 0.29) is 5.88 Å². The molecule has 0 unspecified atom stereocenters. The maximum absolute atomic E-state index is 8.90. The Morgan fingerprint density at radius 1 is 1.35 bits per heavy atom. The molecule has 1 heterocycles. The molecule has 1 aromatic carbocycles. The summed E-state index contributed by atoms with van der Waals surface area (Å²) < 4.78 is 6.36. The van der Waals surface area contributed by atoms with Crippen LogP contribution >= 0.6 is 27.5 Å². The maximum atomic E-state index is 8.90. The summed E-state index contributed by atoms with van der Waals surface area (Å²) in [5.74, 6) is 0.712. The second-order valence-electron chi connectivity index (χ2n) is 3.14. The van der Waals surface area contributed by atoms with Crippen LogP contribution in [0.5, 0.6) is 11.6 Å². The zero-order valence-electron chi connectivity index (χ0n) is 8.52. The predicted octanol–water partition coefficient (Wildman–Crippen LogP) is 4.16. The molecule has 0 fully saturated rings. The standard InChI is InChI=1S/C12H6BrClN2O/c13-9-3-4-11(10(14)6-9)17-12-8(7-15)2-1-5-16-12/h1-6H. The molecule has 84 valence electrons. The Bertz CT molecular complexity index is 595. The van der Waals surface area contributed by atoms with E-state index < -0.39 is 0 Å². The lowest BCUT2D eigenvalue weighted by atomic mass is 10.3. The minimum absolute atomic E-state index is 0.249. The number of hydrogen-bond donors (Lipinski definition) is 0. The Morgan fingerprint density at radius 2 is 2.18 bits per heavy atom. The number of nitrogens with zero attached hydrogens (tertiary/aromatic N) is 2. The van der Waals surface area contributed by atoms with E-state index in [0.29, 0.717) is 16.3 Å². The minimum atomic E-state index is 0.249. The van der Waals surface area contributed by atoms with Gasteiger partial charge in [0.15, 0.2) is 0 Å². The largest absolute Gasteiger partial charge is 0.436 e. The first-order chi connectivity index (χ1) is 8.20. The van der Waals surface area contributed by atoms with Crippen molar-refractivity contribution < 1.29 is 4.74 Å². The number of halogens is 2. The molecule has 0 atom stereocenters.